The summed E-state index contributed by atoms with van der Waals surface area (Å²) in [7, 11) is 0. The molecular formula is C13H21N3O. The van der Waals surface area contributed by atoms with Crippen LogP contribution >= 0.6 is 0 Å². The van der Waals surface area contributed by atoms with Crippen molar-refractivity contribution >= 4 is 0 Å². The van der Waals surface area contributed by atoms with Crippen molar-refractivity contribution in [3.8, 4) is 0 Å². The summed E-state index contributed by atoms with van der Waals surface area (Å²) in [6.07, 6.45) is 7.85. The Morgan fingerprint density at radius 3 is 3.00 bits per heavy atom. The maximum absolute atomic E-state index is 5.60. The number of rotatable bonds is 3. The first-order chi connectivity index (χ1) is 8.42. The Hall–Kier alpha value is -0.870. The average molecular weight is 235 g/mol. The van der Waals surface area contributed by atoms with E-state index in [0.717, 1.165) is 31.1 Å². The quantitative estimate of drug-likeness (QED) is 0.836. The van der Waals surface area contributed by atoms with Crippen LogP contribution in [0, 0.1) is 5.92 Å². The zero-order valence-corrected chi connectivity index (χ0v) is 10.2. The van der Waals surface area contributed by atoms with E-state index in [1.807, 2.05) is 6.26 Å². The summed E-state index contributed by atoms with van der Waals surface area (Å²) in [5.74, 6) is 1.62. The van der Waals surface area contributed by atoms with Crippen molar-refractivity contribution in [3.63, 3.8) is 0 Å². The molecule has 2 unspecified atom stereocenters. The van der Waals surface area contributed by atoms with Crippen molar-refractivity contribution in [2.24, 2.45) is 5.92 Å². The van der Waals surface area contributed by atoms with Crippen LogP contribution in [0.4, 0.5) is 0 Å². The molecule has 3 heterocycles. The van der Waals surface area contributed by atoms with E-state index in [4.69, 9.17) is 4.42 Å². The van der Waals surface area contributed by atoms with Crippen LogP contribution in [0.15, 0.2) is 10.7 Å². The molecule has 1 aromatic rings. The predicted molar refractivity (Wildman–Crippen MR) is 65.8 cm³/mol. The molecule has 2 N–H and O–H groups in total. The maximum Gasteiger partial charge on any atom is 0.194 e. The van der Waals surface area contributed by atoms with Crippen LogP contribution in [0.1, 0.15) is 43.3 Å². The maximum atomic E-state index is 5.60. The van der Waals surface area contributed by atoms with E-state index in [2.05, 4.69) is 15.6 Å². The first-order valence-corrected chi connectivity index (χ1v) is 6.80. The van der Waals surface area contributed by atoms with Crippen LogP contribution in [0.5, 0.6) is 0 Å². The fraction of sp³-hybridized carbons (Fsp3) is 0.769. The zero-order chi connectivity index (χ0) is 11.5. The predicted octanol–water partition coefficient (Wildman–Crippen LogP) is 1.64. The van der Waals surface area contributed by atoms with Crippen molar-refractivity contribution in [2.45, 2.75) is 38.1 Å². The van der Waals surface area contributed by atoms with Gasteiger partial charge in [0.2, 0.25) is 0 Å². The normalized spacial score (nSPS) is 29.6. The third-order valence-corrected chi connectivity index (χ3v) is 3.85. The molecule has 2 fully saturated rings. The molecule has 0 radical (unpaired) electrons. The molecule has 2 saturated heterocycles. The second kappa shape index (κ2) is 5.19. The third kappa shape index (κ3) is 2.69. The van der Waals surface area contributed by atoms with E-state index < -0.39 is 0 Å². The van der Waals surface area contributed by atoms with E-state index >= 15 is 0 Å². The lowest BCUT2D eigenvalue weighted by molar-refractivity contribution is 0.345. The van der Waals surface area contributed by atoms with Crippen LogP contribution in [0.3, 0.4) is 0 Å². The molecule has 1 aromatic heterocycles. The topological polar surface area (TPSA) is 50.1 Å². The molecule has 0 aliphatic carbocycles. The van der Waals surface area contributed by atoms with Crippen LogP contribution in [0.2, 0.25) is 0 Å². The molecule has 94 valence electrons. The molecule has 4 heteroatoms. The highest BCUT2D eigenvalue weighted by atomic mass is 16.3. The summed E-state index contributed by atoms with van der Waals surface area (Å²) < 4.78 is 5.60. The summed E-state index contributed by atoms with van der Waals surface area (Å²) in [6.45, 7) is 3.39. The monoisotopic (exact) mass is 235 g/mol. The average Bonchev–Trinajstić information content (AvgIpc) is 3.00. The molecule has 2 aliphatic rings. The van der Waals surface area contributed by atoms with Gasteiger partial charge in [0, 0.05) is 6.42 Å². The molecule has 0 bridgehead atoms. The number of nitrogens with zero attached hydrogens (tertiary/aromatic N) is 1. The largest absolute Gasteiger partial charge is 0.449 e. The van der Waals surface area contributed by atoms with Crippen LogP contribution in [-0.4, -0.2) is 24.6 Å². The Bertz CT molecular complexity index is 351. The van der Waals surface area contributed by atoms with Gasteiger partial charge in [-0.1, -0.05) is 0 Å². The van der Waals surface area contributed by atoms with Crippen molar-refractivity contribution < 1.29 is 4.42 Å². The molecule has 3 rings (SSSR count). The fourth-order valence-electron chi connectivity index (χ4n) is 2.86. The van der Waals surface area contributed by atoms with Gasteiger partial charge in [-0.05, 0) is 51.2 Å². The summed E-state index contributed by atoms with van der Waals surface area (Å²) in [5.41, 5.74) is 1.10. The number of nitrogens with one attached hydrogen (secondary N) is 2. The van der Waals surface area contributed by atoms with Gasteiger partial charge in [0.1, 0.15) is 6.26 Å². The highest BCUT2D eigenvalue weighted by molar-refractivity contribution is 5.05. The first-order valence-electron chi connectivity index (χ1n) is 6.80. The first kappa shape index (κ1) is 11.2. The minimum absolute atomic E-state index is 0.428. The molecule has 2 aliphatic heterocycles. The van der Waals surface area contributed by atoms with Crippen LogP contribution < -0.4 is 10.6 Å². The van der Waals surface area contributed by atoms with Crippen LogP contribution in [-0.2, 0) is 6.42 Å². The van der Waals surface area contributed by atoms with Gasteiger partial charge in [-0.25, -0.2) is 4.98 Å². The van der Waals surface area contributed by atoms with E-state index in [9.17, 15) is 0 Å². The van der Waals surface area contributed by atoms with Gasteiger partial charge in [0.05, 0.1) is 11.7 Å². The second-order valence-corrected chi connectivity index (χ2v) is 5.23. The highest BCUT2D eigenvalue weighted by Crippen LogP contribution is 2.23. The molecule has 0 amide bonds. The zero-order valence-electron chi connectivity index (χ0n) is 10.2. The van der Waals surface area contributed by atoms with Gasteiger partial charge in [-0.15, -0.1) is 0 Å². The molecule has 0 spiro atoms. The lowest BCUT2D eigenvalue weighted by atomic mass is 9.96. The highest BCUT2D eigenvalue weighted by Gasteiger charge is 2.21. The van der Waals surface area contributed by atoms with Crippen molar-refractivity contribution in [3.05, 3.63) is 17.8 Å². The number of hydrogen-bond acceptors (Lipinski definition) is 4. The van der Waals surface area contributed by atoms with E-state index in [1.165, 1.54) is 32.2 Å². The van der Waals surface area contributed by atoms with Crippen molar-refractivity contribution in [1.82, 2.24) is 15.6 Å². The Balaban J connectivity index is 1.59. The smallest absolute Gasteiger partial charge is 0.194 e. The van der Waals surface area contributed by atoms with Gasteiger partial charge >= 0.3 is 0 Å². The summed E-state index contributed by atoms with van der Waals surface area (Å²) in [4.78, 5) is 4.63. The molecule has 17 heavy (non-hydrogen) atoms. The number of aromatic nitrogens is 1. The Labute approximate surface area is 102 Å². The lowest BCUT2D eigenvalue weighted by Crippen LogP contribution is -2.30. The molecule has 0 saturated carbocycles. The SMILES string of the molecule is c1oc(CC2CCCNC2)nc1C1CCCN1. The van der Waals surface area contributed by atoms with Gasteiger partial charge in [0.25, 0.3) is 0 Å². The van der Waals surface area contributed by atoms with Crippen LogP contribution in [0.25, 0.3) is 0 Å². The van der Waals surface area contributed by atoms with Gasteiger partial charge < -0.3 is 15.1 Å². The molecule has 4 nitrogen and oxygen atoms in total. The molecule has 0 aromatic carbocycles. The minimum Gasteiger partial charge on any atom is -0.449 e. The third-order valence-electron chi connectivity index (χ3n) is 3.85. The van der Waals surface area contributed by atoms with E-state index in [0.29, 0.717) is 12.0 Å². The Kier molecular flexibility index (Phi) is 3.43. The van der Waals surface area contributed by atoms with Gasteiger partial charge in [-0.2, -0.15) is 0 Å². The Morgan fingerprint density at radius 2 is 2.24 bits per heavy atom. The molecule has 2 atom stereocenters. The van der Waals surface area contributed by atoms with E-state index in [1.54, 1.807) is 0 Å². The summed E-state index contributed by atoms with van der Waals surface area (Å²) in [6, 6.07) is 0.428. The number of hydrogen-bond donors (Lipinski definition) is 2. The number of piperidine rings is 1. The fourth-order valence-corrected chi connectivity index (χ4v) is 2.86. The minimum atomic E-state index is 0.428. The van der Waals surface area contributed by atoms with Crippen molar-refractivity contribution in [2.75, 3.05) is 19.6 Å². The standard InChI is InChI=1S/C13H21N3O/c1-3-10(8-14-5-1)7-13-16-12(9-17-13)11-4-2-6-15-11/h9-11,14-15H,1-8H2. The number of oxazole rings is 1. The Morgan fingerprint density at radius 1 is 1.29 bits per heavy atom. The molecular weight excluding hydrogens is 214 g/mol. The van der Waals surface area contributed by atoms with Crippen molar-refractivity contribution in [1.29, 1.82) is 0 Å². The second-order valence-electron chi connectivity index (χ2n) is 5.23. The van der Waals surface area contributed by atoms with Gasteiger partial charge in [0.15, 0.2) is 5.89 Å². The van der Waals surface area contributed by atoms with E-state index in [-0.39, 0.29) is 0 Å². The summed E-state index contributed by atoms with van der Waals surface area (Å²) >= 11 is 0. The lowest BCUT2D eigenvalue weighted by Gasteiger charge is -2.21. The van der Waals surface area contributed by atoms with Gasteiger partial charge in [-0.3, -0.25) is 0 Å². The summed E-state index contributed by atoms with van der Waals surface area (Å²) in [5, 5.41) is 6.89.